The molecular weight excluding hydrogens is 192 g/mol. The van der Waals surface area contributed by atoms with E-state index >= 15 is 0 Å². The van der Waals surface area contributed by atoms with Gasteiger partial charge in [0, 0.05) is 11.5 Å². The largest absolute Gasteiger partial charge is 0.388 e. The summed E-state index contributed by atoms with van der Waals surface area (Å²) >= 11 is 1.17. The van der Waals surface area contributed by atoms with E-state index < -0.39 is 6.10 Å². The quantitative estimate of drug-likeness (QED) is 0.586. The Labute approximate surface area is 78.9 Å². The van der Waals surface area contributed by atoms with Gasteiger partial charge in [-0.1, -0.05) is 0 Å². The SMILES string of the molecule is Nc1nsc(N[C@@H]2COC[C@H]2O)n1. The van der Waals surface area contributed by atoms with Gasteiger partial charge < -0.3 is 20.9 Å². The van der Waals surface area contributed by atoms with Crippen molar-refractivity contribution in [3.63, 3.8) is 0 Å². The molecule has 0 radical (unpaired) electrons. The van der Waals surface area contributed by atoms with Gasteiger partial charge in [0.1, 0.15) is 0 Å². The van der Waals surface area contributed by atoms with Gasteiger partial charge in [0.15, 0.2) is 0 Å². The second-order valence-electron chi connectivity index (χ2n) is 2.81. The predicted molar refractivity (Wildman–Crippen MR) is 48.6 cm³/mol. The Hall–Kier alpha value is -0.920. The van der Waals surface area contributed by atoms with Gasteiger partial charge in [-0.25, -0.2) is 0 Å². The number of aliphatic hydroxyl groups excluding tert-OH is 1. The maximum Gasteiger partial charge on any atom is 0.233 e. The number of nitrogen functional groups attached to an aromatic ring is 1. The minimum absolute atomic E-state index is 0.104. The van der Waals surface area contributed by atoms with Crippen LogP contribution in [-0.2, 0) is 4.74 Å². The fourth-order valence-corrected chi connectivity index (χ4v) is 1.69. The molecule has 13 heavy (non-hydrogen) atoms. The number of nitrogens with zero attached hydrogens (tertiary/aromatic N) is 2. The zero-order chi connectivity index (χ0) is 9.26. The summed E-state index contributed by atoms with van der Waals surface area (Å²) in [6.07, 6.45) is -0.481. The maximum atomic E-state index is 9.39. The summed E-state index contributed by atoms with van der Waals surface area (Å²) < 4.78 is 8.87. The maximum absolute atomic E-state index is 9.39. The molecule has 72 valence electrons. The Morgan fingerprint density at radius 3 is 3.00 bits per heavy atom. The molecule has 1 aromatic rings. The zero-order valence-electron chi connectivity index (χ0n) is 6.80. The molecule has 0 bridgehead atoms. The average molecular weight is 202 g/mol. The second kappa shape index (κ2) is 3.44. The van der Waals surface area contributed by atoms with Crippen LogP contribution in [0.3, 0.4) is 0 Å². The fraction of sp³-hybridized carbons (Fsp3) is 0.667. The van der Waals surface area contributed by atoms with E-state index in [2.05, 4.69) is 14.7 Å². The lowest BCUT2D eigenvalue weighted by Gasteiger charge is -2.12. The van der Waals surface area contributed by atoms with E-state index in [9.17, 15) is 5.11 Å². The van der Waals surface area contributed by atoms with Crippen molar-refractivity contribution in [2.24, 2.45) is 0 Å². The molecule has 0 spiro atoms. The summed E-state index contributed by atoms with van der Waals surface area (Å²) in [5.41, 5.74) is 5.34. The Kier molecular flexibility index (Phi) is 2.30. The molecule has 0 saturated carbocycles. The van der Waals surface area contributed by atoms with Gasteiger partial charge in [-0.15, -0.1) is 0 Å². The van der Waals surface area contributed by atoms with Crippen LogP contribution in [0.1, 0.15) is 0 Å². The van der Waals surface area contributed by atoms with E-state index in [0.717, 1.165) is 0 Å². The molecule has 7 heteroatoms. The number of aliphatic hydroxyl groups is 1. The molecule has 1 saturated heterocycles. The number of nitrogens with one attached hydrogen (secondary N) is 1. The number of rotatable bonds is 2. The smallest absolute Gasteiger partial charge is 0.233 e. The van der Waals surface area contributed by atoms with Crippen molar-refractivity contribution in [1.29, 1.82) is 0 Å². The van der Waals surface area contributed by atoms with Gasteiger partial charge in [-0.3, -0.25) is 0 Å². The fourth-order valence-electron chi connectivity index (χ4n) is 1.13. The van der Waals surface area contributed by atoms with E-state index in [1.165, 1.54) is 11.5 Å². The van der Waals surface area contributed by atoms with Crippen molar-refractivity contribution in [2.45, 2.75) is 12.1 Å². The molecule has 0 unspecified atom stereocenters. The van der Waals surface area contributed by atoms with Crippen LogP contribution in [0.5, 0.6) is 0 Å². The minimum atomic E-state index is -0.481. The van der Waals surface area contributed by atoms with Crippen LogP contribution < -0.4 is 11.1 Å². The molecule has 1 aliphatic rings. The van der Waals surface area contributed by atoms with Gasteiger partial charge in [-0.05, 0) is 0 Å². The van der Waals surface area contributed by atoms with Crippen molar-refractivity contribution >= 4 is 22.6 Å². The summed E-state index contributed by atoms with van der Waals surface area (Å²) in [4.78, 5) is 3.92. The molecule has 0 aliphatic carbocycles. The van der Waals surface area contributed by atoms with E-state index in [4.69, 9.17) is 10.5 Å². The van der Waals surface area contributed by atoms with E-state index in [-0.39, 0.29) is 12.0 Å². The Morgan fingerprint density at radius 1 is 1.62 bits per heavy atom. The van der Waals surface area contributed by atoms with E-state index in [1.807, 2.05) is 0 Å². The number of ether oxygens (including phenoxy) is 1. The molecule has 2 heterocycles. The molecule has 2 atom stereocenters. The number of aromatic nitrogens is 2. The monoisotopic (exact) mass is 202 g/mol. The lowest BCUT2D eigenvalue weighted by atomic mass is 10.2. The third kappa shape index (κ3) is 1.87. The van der Waals surface area contributed by atoms with Crippen LogP contribution in [0.25, 0.3) is 0 Å². The van der Waals surface area contributed by atoms with Crippen LogP contribution in [0.15, 0.2) is 0 Å². The molecule has 2 rings (SSSR count). The lowest BCUT2D eigenvalue weighted by molar-refractivity contribution is 0.125. The van der Waals surface area contributed by atoms with Gasteiger partial charge in [0.05, 0.1) is 25.4 Å². The second-order valence-corrected chi connectivity index (χ2v) is 3.57. The topological polar surface area (TPSA) is 93.3 Å². The summed E-state index contributed by atoms with van der Waals surface area (Å²) in [7, 11) is 0. The summed E-state index contributed by atoms with van der Waals surface area (Å²) in [5, 5.41) is 13.0. The van der Waals surface area contributed by atoms with Gasteiger partial charge >= 0.3 is 0 Å². The zero-order valence-corrected chi connectivity index (χ0v) is 7.62. The molecule has 0 aromatic carbocycles. The van der Waals surface area contributed by atoms with Crippen LogP contribution in [0.4, 0.5) is 11.1 Å². The number of hydrogen-bond acceptors (Lipinski definition) is 7. The van der Waals surface area contributed by atoms with Crippen LogP contribution >= 0.6 is 11.5 Å². The van der Waals surface area contributed by atoms with Gasteiger partial charge in [-0.2, -0.15) is 9.36 Å². The number of anilines is 2. The van der Waals surface area contributed by atoms with E-state index in [0.29, 0.717) is 18.3 Å². The highest BCUT2D eigenvalue weighted by Crippen LogP contribution is 2.16. The summed E-state index contributed by atoms with van der Waals surface area (Å²) in [5.74, 6) is 0.251. The molecule has 0 amide bonds. The first-order valence-electron chi connectivity index (χ1n) is 3.87. The number of nitrogens with two attached hydrogens (primary N) is 1. The van der Waals surface area contributed by atoms with Crippen molar-refractivity contribution < 1.29 is 9.84 Å². The van der Waals surface area contributed by atoms with Crippen molar-refractivity contribution in [1.82, 2.24) is 9.36 Å². The van der Waals surface area contributed by atoms with Crippen molar-refractivity contribution in [3.05, 3.63) is 0 Å². The molecule has 1 aliphatic heterocycles. The predicted octanol–water partition coefficient (Wildman–Crippen LogP) is -0.708. The van der Waals surface area contributed by atoms with Crippen molar-refractivity contribution in [2.75, 3.05) is 24.3 Å². The average Bonchev–Trinajstić information content (AvgIpc) is 2.64. The van der Waals surface area contributed by atoms with Crippen LogP contribution in [0.2, 0.25) is 0 Å². The highest BCUT2D eigenvalue weighted by atomic mass is 32.1. The highest BCUT2D eigenvalue weighted by Gasteiger charge is 2.26. The molecule has 6 nitrogen and oxygen atoms in total. The molecule has 4 N–H and O–H groups in total. The minimum Gasteiger partial charge on any atom is -0.388 e. The Bertz CT molecular complexity index is 292. The van der Waals surface area contributed by atoms with Crippen LogP contribution in [0, 0.1) is 0 Å². The van der Waals surface area contributed by atoms with Crippen molar-refractivity contribution in [3.8, 4) is 0 Å². The standard InChI is InChI=1S/C6H10N4O2S/c7-5-9-6(13-10-5)8-3-1-12-2-4(3)11/h3-4,11H,1-2H2,(H3,7,8,9,10)/t3-,4-/m1/s1. The summed E-state index contributed by atoms with van der Waals surface area (Å²) in [6.45, 7) is 0.854. The first kappa shape index (κ1) is 8.67. The number of hydrogen-bond donors (Lipinski definition) is 3. The molecular formula is C6H10N4O2S. The third-order valence-corrected chi connectivity index (χ3v) is 2.46. The molecule has 1 fully saturated rings. The van der Waals surface area contributed by atoms with Crippen LogP contribution in [-0.4, -0.2) is 39.8 Å². The first-order valence-corrected chi connectivity index (χ1v) is 4.64. The Morgan fingerprint density at radius 2 is 2.46 bits per heavy atom. The normalized spacial score (nSPS) is 27.8. The third-order valence-electron chi connectivity index (χ3n) is 1.80. The summed E-state index contributed by atoms with van der Waals surface area (Å²) in [6, 6.07) is -0.104. The highest BCUT2D eigenvalue weighted by molar-refractivity contribution is 7.09. The first-order chi connectivity index (χ1) is 6.25. The van der Waals surface area contributed by atoms with Gasteiger partial charge in [0.2, 0.25) is 11.1 Å². The molecule has 1 aromatic heterocycles. The van der Waals surface area contributed by atoms with E-state index in [1.54, 1.807) is 0 Å². The Balaban J connectivity index is 1.97. The lowest BCUT2D eigenvalue weighted by Crippen LogP contribution is -2.31. The van der Waals surface area contributed by atoms with Gasteiger partial charge in [0.25, 0.3) is 0 Å².